The Hall–Kier alpha value is -6.53. The van der Waals surface area contributed by atoms with Crippen LogP contribution in [0.3, 0.4) is 0 Å². The number of nitro groups is 2. The standard InChI is InChI=1S/C14H15FN4O2.C9H7FN2O6.C8H7FO2/c1-21-14(20)18-12-5-13-9(4-11(12)15)2-3-19(13)7-10-6-16-8-17-10;1-18-9(13)3-5-2-6(10)8(12(16)17)4-7(5)11(14)15;9-7-3-1-2-6(4-7)5-8(10)11/h4-6,8H,2-3,7H2,1H3,(H,16,17)(H,18,20);2,4H,3H2,1H3;1-4H,5H2,(H,10,11). The van der Waals surface area contributed by atoms with Gasteiger partial charge in [-0.1, -0.05) is 12.1 Å². The number of nitro benzene ring substituents is 2. The Kier molecular flexibility index (Phi) is 13.3. The van der Waals surface area contributed by atoms with E-state index in [0.29, 0.717) is 24.2 Å². The highest BCUT2D eigenvalue weighted by Crippen LogP contribution is 2.34. The Morgan fingerprint density at radius 2 is 1.70 bits per heavy atom. The topological polar surface area (TPSA) is 220 Å². The number of rotatable bonds is 9. The molecular weight excluding hydrogens is 673 g/mol. The highest BCUT2D eigenvalue weighted by molar-refractivity contribution is 5.86. The summed E-state index contributed by atoms with van der Waals surface area (Å²) in [7, 11) is 2.31. The van der Waals surface area contributed by atoms with Crippen LogP contribution in [0.5, 0.6) is 0 Å². The number of carbonyl (C=O) groups excluding carboxylic acids is 2. The third kappa shape index (κ3) is 10.8. The number of hydrogen-bond donors (Lipinski definition) is 3. The summed E-state index contributed by atoms with van der Waals surface area (Å²) < 4.78 is 48.4. The molecule has 19 heteroatoms. The number of carboxylic acid groups (broad SMARTS) is 1. The summed E-state index contributed by atoms with van der Waals surface area (Å²) in [6.07, 6.45) is 2.81. The third-order valence-electron chi connectivity index (χ3n) is 6.85. The molecule has 2 heterocycles. The number of H-pyrrole nitrogens is 1. The molecule has 4 aromatic rings. The SMILES string of the molecule is COC(=O)Cc1cc(F)c([N+](=O)[O-])cc1[N+](=O)[O-].COC(=O)Nc1cc2c(cc1F)CCN2Cc1cnc[nH]1.O=C(O)Cc1cccc(F)c1. The molecule has 0 fully saturated rings. The van der Waals surface area contributed by atoms with Crippen LogP contribution >= 0.6 is 0 Å². The van der Waals surface area contributed by atoms with Gasteiger partial charge in [-0.15, -0.1) is 0 Å². The van der Waals surface area contributed by atoms with E-state index >= 15 is 0 Å². The van der Waals surface area contributed by atoms with Crippen molar-refractivity contribution in [3.63, 3.8) is 0 Å². The molecule has 1 aliphatic rings. The number of fused-ring (bicyclic) bond motifs is 1. The van der Waals surface area contributed by atoms with Crippen LogP contribution in [0.25, 0.3) is 0 Å². The first kappa shape index (κ1) is 37.9. The molecular formula is C31H29F3N6O10. The van der Waals surface area contributed by atoms with Crippen molar-refractivity contribution in [2.45, 2.75) is 25.8 Å². The van der Waals surface area contributed by atoms with Crippen LogP contribution in [-0.2, 0) is 44.9 Å². The molecule has 0 atom stereocenters. The van der Waals surface area contributed by atoms with Gasteiger partial charge in [-0.2, -0.15) is 4.39 Å². The molecule has 3 N–H and O–H groups in total. The molecule has 0 unspecified atom stereocenters. The summed E-state index contributed by atoms with van der Waals surface area (Å²) in [5.74, 6) is -3.86. The molecule has 0 bridgehead atoms. The van der Waals surface area contributed by atoms with Gasteiger partial charge >= 0.3 is 23.7 Å². The molecule has 1 aliphatic heterocycles. The van der Waals surface area contributed by atoms with Gasteiger partial charge in [0.15, 0.2) is 0 Å². The number of carbonyl (C=O) groups is 3. The van der Waals surface area contributed by atoms with Gasteiger partial charge < -0.3 is 24.5 Å². The Balaban J connectivity index is 0.000000213. The number of benzene rings is 3. The van der Waals surface area contributed by atoms with Gasteiger partial charge in [0.05, 0.1) is 67.2 Å². The number of aliphatic carboxylic acids is 1. The van der Waals surface area contributed by atoms with Gasteiger partial charge in [-0.05, 0) is 47.9 Å². The summed E-state index contributed by atoms with van der Waals surface area (Å²) in [5, 5.41) is 31.8. The zero-order valence-electron chi connectivity index (χ0n) is 26.4. The average Bonchev–Trinajstić information content (AvgIpc) is 3.71. The lowest BCUT2D eigenvalue weighted by Crippen LogP contribution is -2.20. The summed E-state index contributed by atoms with van der Waals surface area (Å²) in [6.45, 7) is 1.46. The van der Waals surface area contributed by atoms with Crippen LogP contribution in [0.2, 0.25) is 0 Å². The van der Waals surface area contributed by atoms with Gasteiger partial charge in [-0.25, -0.2) is 18.6 Å². The predicted molar refractivity (Wildman–Crippen MR) is 169 cm³/mol. The van der Waals surface area contributed by atoms with Gasteiger partial charge in [-0.3, -0.25) is 35.1 Å². The van der Waals surface area contributed by atoms with Crippen molar-refractivity contribution >= 4 is 40.8 Å². The fourth-order valence-corrected chi connectivity index (χ4v) is 4.56. The molecule has 0 saturated carbocycles. The molecule has 1 aromatic heterocycles. The van der Waals surface area contributed by atoms with E-state index in [1.807, 2.05) is 0 Å². The number of anilines is 2. The second-order valence-corrected chi connectivity index (χ2v) is 10.2. The molecule has 16 nitrogen and oxygen atoms in total. The number of nitrogens with one attached hydrogen (secondary N) is 2. The molecule has 3 aromatic carbocycles. The number of nitrogens with zero attached hydrogens (tertiary/aromatic N) is 4. The minimum atomic E-state index is -1.25. The predicted octanol–water partition coefficient (Wildman–Crippen LogP) is 5.10. The summed E-state index contributed by atoms with van der Waals surface area (Å²) in [4.78, 5) is 60.7. The number of imidazole rings is 1. The molecule has 50 heavy (non-hydrogen) atoms. The van der Waals surface area contributed by atoms with Crippen molar-refractivity contribution in [2.75, 3.05) is 31.0 Å². The smallest absolute Gasteiger partial charge is 0.411 e. The number of aromatic nitrogens is 2. The van der Waals surface area contributed by atoms with Crippen LogP contribution in [-0.4, -0.2) is 63.7 Å². The average molecular weight is 703 g/mol. The summed E-state index contributed by atoms with van der Waals surface area (Å²) in [6, 6.07) is 9.75. The molecule has 264 valence electrons. The van der Waals surface area contributed by atoms with E-state index in [4.69, 9.17) is 5.11 Å². The van der Waals surface area contributed by atoms with Crippen LogP contribution in [0, 0.1) is 37.7 Å². The summed E-state index contributed by atoms with van der Waals surface area (Å²) in [5.41, 5.74) is 1.43. The van der Waals surface area contributed by atoms with Gasteiger partial charge in [0.25, 0.3) is 5.69 Å². The van der Waals surface area contributed by atoms with E-state index in [1.165, 1.54) is 31.4 Å². The highest BCUT2D eigenvalue weighted by atomic mass is 19.1. The number of methoxy groups -OCH3 is 2. The fraction of sp³-hybridized carbons (Fsp3) is 0.226. The molecule has 0 aliphatic carbocycles. The van der Waals surface area contributed by atoms with Crippen LogP contribution in [0.1, 0.15) is 22.4 Å². The molecule has 0 radical (unpaired) electrons. The minimum Gasteiger partial charge on any atom is -0.481 e. The van der Waals surface area contributed by atoms with Crippen molar-refractivity contribution in [2.24, 2.45) is 0 Å². The van der Waals surface area contributed by atoms with E-state index in [-0.39, 0.29) is 17.7 Å². The minimum absolute atomic E-state index is 0.122. The van der Waals surface area contributed by atoms with Crippen molar-refractivity contribution < 1.29 is 52.0 Å². The maximum absolute atomic E-state index is 13.9. The molecule has 5 rings (SSSR count). The normalized spacial score (nSPS) is 11.2. The summed E-state index contributed by atoms with van der Waals surface area (Å²) >= 11 is 0. The highest BCUT2D eigenvalue weighted by Gasteiger charge is 2.26. The number of aromatic amines is 1. The maximum Gasteiger partial charge on any atom is 0.411 e. The number of hydrogen-bond acceptors (Lipinski definition) is 11. The lowest BCUT2D eigenvalue weighted by atomic mass is 10.1. The number of esters is 1. The van der Waals surface area contributed by atoms with Crippen molar-refractivity contribution in [3.05, 3.63) is 121 Å². The van der Waals surface area contributed by atoms with Crippen LogP contribution < -0.4 is 10.2 Å². The maximum atomic E-state index is 13.9. The lowest BCUT2D eigenvalue weighted by Gasteiger charge is -2.19. The van der Waals surface area contributed by atoms with Crippen molar-refractivity contribution in [1.82, 2.24) is 9.97 Å². The molecule has 0 saturated heterocycles. The van der Waals surface area contributed by atoms with Crippen molar-refractivity contribution in [3.8, 4) is 0 Å². The molecule has 1 amide bonds. The van der Waals surface area contributed by atoms with Crippen LogP contribution in [0.15, 0.2) is 61.1 Å². The zero-order chi connectivity index (χ0) is 37.0. The first-order valence-electron chi connectivity index (χ1n) is 14.3. The quantitative estimate of drug-likeness (QED) is 0.118. The second kappa shape index (κ2) is 17.6. The van der Waals surface area contributed by atoms with E-state index in [1.54, 1.807) is 24.7 Å². The van der Waals surface area contributed by atoms with E-state index in [2.05, 4.69) is 29.7 Å². The Morgan fingerprint density at radius 1 is 0.980 bits per heavy atom. The van der Waals surface area contributed by atoms with Gasteiger partial charge in [0, 0.05) is 24.0 Å². The fourth-order valence-electron chi connectivity index (χ4n) is 4.56. The van der Waals surface area contributed by atoms with E-state index in [9.17, 15) is 47.8 Å². The Morgan fingerprint density at radius 3 is 2.28 bits per heavy atom. The van der Waals surface area contributed by atoms with Crippen LogP contribution in [0.4, 0.5) is 40.7 Å². The van der Waals surface area contributed by atoms with Gasteiger partial charge in [0.1, 0.15) is 11.6 Å². The third-order valence-corrected chi connectivity index (χ3v) is 6.85. The largest absolute Gasteiger partial charge is 0.481 e. The number of carboxylic acids is 1. The first-order chi connectivity index (χ1) is 23.7. The number of amides is 1. The zero-order valence-corrected chi connectivity index (χ0v) is 26.4. The Labute approximate surface area is 280 Å². The Bertz CT molecular complexity index is 1870. The number of ether oxygens (including phenoxy) is 2. The van der Waals surface area contributed by atoms with E-state index in [0.717, 1.165) is 37.0 Å². The van der Waals surface area contributed by atoms with E-state index < -0.39 is 63.1 Å². The van der Waals surface area contributed by atoms with Crippen molar-refractivity contribution in [1.29, 1.82) is 0 Å². The lowest BCUT2D eigenvalue weighted by molar-refractivity contribution is -0.396. The monoisotopic (exact) mass is 702 g/mol. The van der Waals surface area contributed by atoms with Gasteiger partial charge in [0.2, 0.25) is 5.82 Å². The number of halogens is 3. The first-order valence-corrected chi connectivity index (χ1v) is 14.3. The molecule has 0 spiro atoms. The second-order valence-electron chi connectivity index (χ2n) is 10.2.